The van der Waals surface area contributed by atoms with Crippen LogP contribution in [0.15, 0.2) is 18.2 Å². The van der Waals surface area contributed by atoms with Crippen LogP contribution in [-0.4, -0.2) is 19.1 Å². The van der Waals surface area contributed by atoms with Gasteiger partial charge in [-0.15, -0.1) is 0 Å². The maximum atomic E-state index is 9.28. The number of nitrogens with one attached hydrogen (secondary N) is 1. The quantitative estimate of drug-likeness (QED) is 0.835. The topological polar surface area (TPSA) is 39.1 Å². The number of nitrogens with zero attached hydrogens (tertiary/aromatic N) is 2. The van der Waals surface area contributed by atoms with Gasteiger partial charge in [-0.2, -0.15) is 5.26 Å². The maximum absolute atomic E-state index is 9.28. The van der Waals surface area contributed by atoms with E-state index in [1.54, 1.807) is 0 Å². The zero-order chi connectivity index (χ0) is 13.0. The molecule has 0 aromatic heterocycles. The smallest absolute Gasteiger partial charge is 0.101 e. The third-order valence-corrected chi connectivity index (χ3v) is 3.46. The molecule has 1 saturated carbocycles. The molecule has 0 bridgehead atoms. The van der Waals surface area contributed by atoms with Gasteiger partial charge in [-0.05, 0) is 44.4 Å². The van der Waals surface area contributed by atoms with E-state index >= 15 is 0 Å². The third-order valence-electron chi connectivity index (χ3n) is 3.46. The van der Waals surface area contributed by atoms with Gasteiger partial charge in [0.1, 0.15) is 6.07 Å². The van der Waals surface area contributed by atoms with Gasteiger partial charge in [0.25, 0.3) is 0 Å². The molecule has 0 saturated heterocycles. The lowest BCUT2D eigenvalue weighted by Crippen LogP contribution is -2.23. The fourth-order valence-corrected chi connectivity index (χ4v) is 2.17. The lowest BCUT2D eigenvalue weighted by atomic mass is 10.1. The van der Waals surface area contributed by atoms with E-state index in [0.29, 0.717) is 6.04 Å². The highest BCUT2D eigenvalue weighted by Gasteiger charge is 2.20. The van der Waals surface area contributed by atoms with E-state index in [1.807, 2.05) is 6.07 Å². The number of rotatable bonds is 6. The molecule has 0 unspecified atom stereocenters. The van der Waals surface area contributed by atoms with Crippen molar-refractivity contribution in [3.8, 4) is 6.07 Å². The summed E-state index contributed by atoms with van der Waals surface area (Å²) in [5.41, 5.74) is 3.04. The lowest BCUT2D eigenvalue weighted by Gasteiger charge is -2.22. The van der Waals surface area contributed by atoms with E-state index in [2.05, 4.69) is 42.3 Å². The van der Waals surface area contributed by atoms with Crippen LogP contribution in [0.5, 0.6) is 0 Å². The van der Waals surface area contributed by atoms with Crippen molar-refractivity contribution in [3.05, 3.63) is 29.3 Å². The summed E-state index contributed by atoms with van der Waals surface area (Å²) in [4.78, 5) is 2.22. The van der Waals surface area contributed by atoms with Gasteiger partial charge < -0.3 is 10.2 Å². The molecule has 1 aromatic rings. The van der Waals surface area contributed by atoms with Gasteiger partial charge >= 0.3 is 0 Å². The van der Waals surface area contributed by atoms with Crippen LogP contribution in [0, 0.1) is 11.3 Å². The van der Waals surface area contributed by atoms with Crippen molar-refractivity contribution in [2.75, 3.05) is 18.0 Å². The summed E-state index contributed by atoms with van der Waals surface area (Å²) in [5, 5.41) is 12.8. The summed E-state index contributed by atoms with van der Waals surface area (Å²) in [6, 6.07) is 9.25. The molecule has 3 nitrogen and oxygen atoms in total. The van der Waals surface area contributed by atoms with Crippen molar-refractivity contribution >= 4 is 5.69 Å². The maximum Gasteiger partial charge on any atom is 0.101 e. The van der Waals surface area contributed by atoms with Crippen molar-refractivity contribution in [1.82, 2.24) is 5.32 Å². The van der Waals surface area contributed by atoms with Gasteiger partial charge in [-0.1, -0.05) is 6.07 Å². The Balaban J connectivity index is 2.13. The second-order valence-electron chi connectivity index (χ2n) is 4.79. The number of anilines is 1. The van der Waals surface area contributed by atoms with Gasteiger partial charge in [0.2, 0.25) is 0 Å². The summed E-state index contributed by atoms with van der Waals surface area (Å²) >= 11 is 0. The minimum Gasteiger partial charge on any atom is -0.371 e. The minimum absolute atomic E-state index is 0.706. The summed E-state index contributed by atoms with van der Waals surface area (Å²) in [6.07, 6.45) is 2.59. The predicted octanol–water partition coefficient (Wildman–Crippen LogP) is 2.66. The van der Waals surface area contributed by atoms with E-state index in [1.165, 1.54) is 18.4 Å². The summed E-state index contributed by atoms with van der Waals surface area (Å²) in [5.74, 6) is 0. The lowest BCUT2D eigenvalue weighted by molar-refractivity contribution is 0.687. The SMILES string of the molecule is CCN(CC)c1ccc(CNC2CC2)cc1C#N. The van der Waals surface area contributed by atoms with Gasteiger partial charge in [-0.25, -0.2) is 0 Å². The van der Waals surface area contributed by atoms with Gasteiger partial charge in [0, 0.05) is 25.7 Å². The molecule has 1 fully saturated rings. The van der Waals surface area contributed by atoms with Crippen molar-refractivity contribution in [3.63, 3.8) is 0 Å². The van der Waals surface area contributed by atoms with Crippen LogP contribution >= 0.6 is 0 Å². The molecule has 0 atom stereocenters. The number of benzene rings is 1. The van der Waals surface area contributed by atoms with Gasteiger partial charge in [-0.3, -0.25) is 0 Å². The average molecular weight is 243 g/mol. The first-order valence-corrected chi connectivity index (χ1v) is 6.79. The Kier molecular flexibility index (Phi) is 4.22. The molecule has 0 heterocycles. The second-order valence-corrected chi connectivity index (χ2v) is 4.79. The predicted molar refractivity (Wildman–Crippen MR) is 74.6 cm³/mol. The van der Waals surface area contributed by atoms with Crippen LogP contribution < -0.4 is 10.2 Å². The molecule has 3 heteroatoms. The van der Waals surface area contributed by atoms with E-state index < -0.39 is 0 Å². The highest BCUT2D eigenvalue weighted by atomic mass is 15.1. The standard InChI is InChI=1S/C15H21N3/c1-3-18(4-2)15-8-5-12(9-13(15)10-16)11-17-14-6-7-14/h5,8-9,14,17H,3-4,6-7,11H2,1-2H3. The summed E-state index contributed by atoms with van der Waals surface area (Å²) in [7, 11) is 0. The molecule has 1 aromatic carbocycles. The van der Waals surface area contributed by atoms with Crippen LogP contribution in [0.3, 0.4) is 0 Å². The molecule has 18 heavy (non-hydrogen) atoms. The molecule has 96 valence electrons. The van der Waals surface area contributed by atoms with E-state index in [9.17, 15) is 5.26 Å². The Morgan fingerprint density at radius 1 is 1.33 bits per heavy atom. The van der Waals surface area contributed by atoms with Crippen molar-refractivity contribution in [2.24, 2.45) is 0 Å². The van der Waals surface area contributed by atoms with E-state index in [4.69, 9.17) is 0 Å². The number of nitriles is 1. The third kappa shape index (κ3) is 3.02. The molecule has 1 aliphatic rings. The Morgan fingerprint density at radius 3 is 2.61 bits per heavy atom. The highest BCUT2D eigenvalue weighted by Crippen LogP contribution is 2.23. The second kappa shape index (κ2) is 5.88. The Hall–Kier alpha value is -1.53. The van der Waals surface area contributed by atoms with Crippen LogP contribution in [0.1, 0.15) is 37.8 Å². The molecular formula is C15H21N3. The summed E-state index contributed by atoms with van der Waals surface area (Å²) < 4.78 is 0. The van der Waals surface area contributed by atoms with E-state index in [0.717, 1.165) is 30.9 Å². The fourth-order valence-electron chi connectivity index (χ4n) is 2.17. The molecule has 1 N–H and O–H groups in total. The molecule has 2 rings (SSSR count). The van der Waals surface area contributed by atoms with Crippen molar-refractivity contribution in [1.29, 1.82) is 5.26 Å². The van der Waals surface area contributed by atoms with Gasteiger partial charge in [0.15, 0.2) is 0 Å². The first-order chi connectivity index (χ1) is 8.78. The van der Waals surface area contributed by atoms with Crippen molar-refractivity contribution in [2.45, 2.75) is 39.3 Å². The van der Waals surface area contributed by atoms with Crippen LogP contribution in [0.2, 0.25) is 0 Å². The van der Waals surface area contributed by atoms with Crippen LogP contribution in [0.4, 0.5) is 5.69 Å². The Morgan fingerprint density at radius 2 is 2.06 bits per heavy atom. The molecule has 0 radical (unpaired) electrons. The summed E-state index contributed by atoms with van der Waals surface area (Å²) in [6.45, 7) is 6.98. The fraction of sp³-hybridized carbons (Fsp3) is 0.533. The normalized spacial score (nSPS) is 14.3. The first-order valence-electron chi connectivity index (χ1n) is 6.79. The Bertz CT molecular complexity index is 440. The van der Waals surface area contributed by atoms with E-state index in [-0.39, 0.29) is 0 Å². The molecular weight excluding hydrogens is 222 g/mol. The number of hydrogen-bond acceptors (Lipinski definition) is 3. The molecule has 0 spiro atoms. The highest BCUT2D eigenvalue weighted by molar-refractivity contribution is 5.60. The molecule has 1 aliphatic carbocycles. The molecule has 0 aliphatic heterocycles. The Labute approximate surface area is 109 Å². The minimum atomic E-state index is 0.706. The average Bonchev–Trinajstić information content (AvgIpc) is 3.22. The monoisotopic (exact) mass is 243 g/mol. The van der Waals surface area contributed by atoms with Crippen LogP contribution in [0.25, 0.3) is 0 Å². The van der Waals surface area contributed by atoms with Gasteiger partial charge in [0.05, 0.1) is 11.3 Å². The zero-order valence-corrected chi connectivity index (χ0v) is 11.2. The molecule has 0 amide bonds. The first kappa shape index (κ1) is 12.9. The van der Waals surface area contributed by atoms with Crippen LogP contribution in [-0.2, 0) is 6.54 Å². The van der Waals surface area contributed by atoms with Crippen molar-refractivity contribution < 1.29 is 0 Å². The largest absolute Gasteiger partial charge is 0.371 e. The zero-order valence-electron chi connectivity index (χ0n) is 11.2. The number of hydrogen-bond donors (Lipinski definition) is 1.